The Bertz CT molecular complexity index is 1070. The summed E-state index contributed by atoms with van der Waals surface area (Å²) in [6.45, 7) is 5.21. The summed E-state index contributed by atoms with van der Waals surface area (Å²) in [6, 6.07) is 26.9. The van der Waals surface area contributed by atoms with Crippen LogP contribution in [0.25, 0.3) is 0 Å². The zero-order chi connectivity index (χ0) is 21.8. The molecule has 0 radical (unpaired) electrons. The van der Waals surface area contributed by atoms with E-state index in [-0.39, 0.29) is 11.9 Å². The summed E-state index contributed by atoms with van der Waals surface area (Å²) < 4.78 is 0. The lowest BCUT2D eigenvalue weighted by molar-refractivity contribution is -0.134. The van der Waals surface area contributed by atoms with Gasteiger partial charge in [-0.2, -0.15) is 5.10 Å². The number of benzene rings is 3. The van der Waals surface area contributed by atoms with Gasteiger partial charge in [-0.3, -0.25) is 9.69 Å². The van der Waals surface area contributed by atoms with Crippen molar-refractivity contribution < 1.29 is 4.79 Å². The maximum absolute atomic E-state index is 13.3. The van der Waals surface area contributed by atoms with Gasteiger partial charge < -0.3 is 0 Å². The van der Waals surface area contributed by atoms with Crippen LogP contribution in [0.3, 0.4) is 0 Å². The van der Waals surface area contributed by atoms with Crippen molar-refractivity contribution in [2.75, 3.05) is 13.6 Å². The van der Waals surface area contributed by atoms with Gasteiger partial charge in [-0.05, 0) is 37.6 Å². The van der Waals surface area contributed by atoms with Crippen molar-refractivity contribution in [1.82, 2.24) is 9.91 Å². The molecule has 0 saturated heterocycles. The monoisotopic (exact) mass is 411 g/mol. The number of hydrogen-bond donors (Lipinski definition) is 0. The highest BCUT2D eigenvalue weighted by molar-refractivity contribution is 6.03. The van der Waals surface area contributed by atoms with Crippen LogP contribution in [-0.4, -0.2) is 35.1 Å². The number of rotatable bonds is 6. The maximum atomic E-state index is 13.3. The van der Waals surface area contributed by atoms with E-state index >= 15 is 0 Å². The molecule has 31 heavy (non-hydrogen) atoms. The Morgan fingerprint density at radius 3 is 2.42 bits per heavy atom. The number of carbonyl (C=O) groups excluding carboxylic acids is 1. The number of amides is 1. The van der Waals surface area contributed by atoms with Gasteiger partial charge in [0, 0.05) is 13.0 Å². The van der Waals surface area contributed by atoms with E-state index in [2.05, 4.69) is 68.4 Å². The van der Waals surface area contributed by atoms with Gasteiger partial charge >= 0.3 is 0 Å². The maximum Gasteiger partial charge on any atom is 0.257 e. The van der Waals surface area contributed by atoms with Gasteiger partial charge in [0.15, 0.2) is 0 Å². The number of hydrazone groups is 1. The fourth-order valence-corrected chi connectivity index (χ4v) is 4.04. The molecule has 0 fully saturated rings. The number of aryl methyl sites for hydroxylation is 2. The summed E-state index contributed by atoms with van der Waals surface area (Å²) in [7, 11) is 1.98. The van der Waals surface area contributed by atoms with Gasteiger partial charge in [0.05, 0.1) is 18.3 Å². The van der Waals surface area contributed by atoms with Crippen molar-refractivity contribution in [2.45, 2.75) is 32.9 Å². The Morgan fingerprint density at radius 2 is 1.71 bits per heavy atom. The van der Waals surface area contributed by atoms with Gasteiger partial charge in [0.2, 0.25) is 0 Å². The quantitative estimate of drug-likeness (QED) is 0.565. The first kappa shape index (κ1) is 21.0. The second-order valence-corrected chi connectivity index (χ2v) is 8.44. The minimum atomic E-state index is -0.0752. The van der Waals surface area contributed by atoms with Crippen molar-refractivity contribution >= 4 is 11.6 Å². The molecule has 3 aromatic carbocycles. The van der Waals surface area contributed by atoms with Crippen molar-refractivity contribution in [3.05, 3.63) is 107 Å². The molecule has 0 bridgehead atoms. The molecule has 1 aliphatic rings. The first-order chi connectivity index (χ1) is 15.0. The molecule has 3 aromatic rings. The molecule has 0 saturated carbocycles. The molecule has 0 N–H and O–H groups in total. The number of likely N-dealkylation sites (N-methyl/N-ethyl adjacent to an activating group) is 1. The minimum absolute atomic E-state index is 0.0201. The van der Waals surface area contributed by atoms with Crippen LogP contribution < -0.4 is 0 Å². The lowest BCUT2D eigenvalue weighted by atomic mass is 9.97. The predicted octanol–water partition coefficient (Wildman–Crippen LogP) is 5.11. The Hall–Kier alpha value is -3.24. The van der Waals surface area contributed by atoms with Crippen LogP contribution in [0.15, 0.2) is 84.0 Å². The van der Waals surface area contributed by atoms with E-state index in [1.807, 2.05) is 36.2 Å². The fourth-order valence-electron chi connectivity index (χ4n) is 4.04. The van der Waals surface area contributed by atoms with Crippen LogP contribution in [0.5, 0.6) is 0 Å². The van der Waals surface area contributed by atoms with Gasteiger partial charge in [0.25, 0.3) is 5.91 Å². The summed E-state index contributed by atoms with van der Waals surface area (Å²) in [5.41, 5.74) is 6.77. The first-order valence-corrected chi connectivity index (χ1v) is 10.8. The molecule has 1 amide bonds. The van der Waals surface area contributed by atoms with E-state index in [9.17, 15) is 4.79 Å². The highest BCUT2D eigenvalue weighted by atomic mass is 16.2. The average Bonchev–Trinajstić information content (AvgIpc) is 3.21. The molecule has 0 unspecified atom stereocenters. The largest absolute Gasteiger partial charge is 0.293 e. The van der Waals surface area contributed by atoms with Gasteiger partial charge in [-0.15, -0.1) is 0 Å². The molecule has 1 aliphatic heterocycles. The summed E-state index contributed by atoms with van der Waals surface area (Å²) in [5, 5.41) is 6.51. The molecule has 1 heterocycles. The van der Waals surface area contributed by atoms with Crippen LogP contribution in [0, 0.1) is 13.8 Å². The van der Waals surface area contributed by atoms with E-state index in [1.165, 1.54) is 16.7 Å². The van der Waals surface area contributed by atoms with Crippen LogP contribution in [0.4, 0.5) is 0 Å². The zero-order valence-corrected chi connectivity index (χ0v) is 18.5. The van der Waals surface area contributed by atoms with Crippen LogP contribution in [0.1, 0.15) is 40.3 Å². The molecule has 4 rings (SSSR count). The van der Waals surface area contributed by atoms with Crippen molar-refractivity contribution in [3.8, 4) is 0 Å². The van der Waals surface area contributed by atoms with E-state index in [0.717, 1.165) is 29.8 Å². The lowest BCUT2D eigenvalue weighted by Gasteiger charge is -2.25. The molecule has 0 aromatic heterocycles. The topological polar surface area (TPSA) is 35.9 Å². The SMILES string of the molecule is Cc1ccc([C@@H]2CC(c3cccc(C)c3)=NN2C(=O)CN(C)Cc2ccccc2)cc1. The number of hydrogen-bond acceptors (Lipinski definition) is 3. The van der Waals surface area contributed by atoms with Gasteiger partial charge in [-0.25, -0.2) is 5.01 Å². The molecule has 158 valence electrons. The zero-order valence-electron chi connectivity index (χ0n) is 18.5. The Kier molecular flexibility index (Phi) is 6.28. The molecular formula is C27H29N3O. The highest BCUT2D eigenvalue weighted by Gasteiger charge is 2.33. The smallest absolute Gasteiger partial charge is 0.257 e. The average molecular weight is 412 g/mol. The standard InChI is InChI=1S/C27H29N3O/c1-20-12-14-23(15-13-20)26-17-25(24-11-7-8-21(2)16-24)28-30(26)27(31)19-29(3)18-22-9-5-4-6-10-22/h4-16,26H,17-19H2,1-3H3/t26-/m0/s1. The molecule has 0 aliphatic carbocycles. The number of carbonyl (C=O) groups is 1. The number of nitrogens with zero attached hydrogens (tertiary/aromatic N) is 3. The third-order valence-electron chi connectivity index (χ3n) is 5.68. The predicted molar refractivity (Wildman–Crippen MR) is 126 cm³/mol. The second kappa shape index (κ2) is 9.27. The first-order valence-electron chi connectivity index (χ1n) is 10.8. The van der Waals surface area contributed by atoms with E-state index < -0.39 is 0 Å². The fraction of sp³-hybridized carbons (Fsp3) is 0.259. The molecule has 4 heteroatoms. The van der Waals surface area contributed by atoms with Crippen molar-refractivity contribution in [1.29, 1.82) is 0 Å². The van der Waals surface area contributed by atoms with Crippen LogP contribution in [0.2, 0.25) is 0 Å². The van der Waals surface area contributed by atoms with Gasteiger partial charge in [0.1, 0.15) is 0 Å². The third kappa shape index (κ3) is 5.09. The third-order valence-corrected chi connectivity index (χ3v) is 5.68. The molecular weight excluding hydrogens is 382 g/mol. The summed E-state index contributed by atoms with van der Waals surface area (Å²) in [5.74, 6) is 0.0201. The van der Waals surface area contributed by atoms with Gasteiger partial charge in [-0.1, -0.05) is 90.0 Å². The molecule has 0 spiro atoms. The Labute approximate surface area is 184 Å². The van der Waals surface area contributed by atoms with E-state index in [0.29, 0.717) is 6.54 Å². The highest BCUT2D eigenvalue weighted by Crippen LogP contribution is 2.33. The minimum Gasteiger partial charge on any atom is -0.293 e. The second-order valence-electron chi connectivity index (χ2n) is 8.44. The Balaban J connectivity index is 1.56. The molecule has 1 atom stereocenters. The summed E-state index contributed by atoms with van der Waals surface area (Å²) in [4.78, 5) is 15.4. The summed E-state index contributed by atoms with van der Waals surface area (Å²) >= 11 is 0. The Morgan fingerprint density at radius 1 is 0.968 bits per heavy atom. The normalized spacial score (nSPS) is 15.9. The molecule has 4 nitrogen and oxygen atoms in total. The lowest BCUT2D eigenvalue weighted by Crippen LogP contribution is -2.36. The van der Waals surface area contributed by atoms with Crippen molar-refractivity contribution in [2.24, 2.45) is 5.10 Å². The van der Waals surface area contributed by atoms with E-state index in [1.54, 1.807) is 5.01 Å². The van der Waals surface area contributed by atoms with Crippen molar-refractivity contribution in [3.63, 3.8) is 0 Å². The summed E-state index contributed by atoms with van der Waals surface area (Å²) in [6.07, 6.45) is 0.723. The van der Waals surface area contributed by atoms with Crippen LogP contribution >= 0.6 is 0 Å². The van der Waals surface area contributed by atoms with Crippen LogP contribution in [-0.2, 0) is 11.3 Å². The van der Waals surface area contributed by atoms with E-state index in [4.69, 9.17) is 5.10 Å².